The molecule has 8 heteroatoms. The number of thiophene rings is 1. The number of nitrogens with zero attached hydrogens (tertiary/aromatic N) is 1. The molecule has 0 amide bonds. The van der Waals surface area contributed by atoms with E-state index in [-0.39, 0.29) is 5.88 Å². The first-order valence-corrected chi connectivity index (χ1v) is 8.50. The molecule has 0 aliphatic carbocycles. The van der Waals surface area contributed by atoms with Crippen LogP contribution in [0.4, 0.5) is 5.82 Å². The second kappa shape index (κ2) is 6.33. The molecule has 2 aromatic rings. The molecule has 1 aliphatic rings. The van der Waals surface area contributed by atoms with Crippen molar-refractivity contribution in [2.24, 2.45) is 0 Å². The first-order chi connectivity index (χ1) is 11.4. The van der Waals surface area contributed by atoms with E-state index in [0.29, 0.717) is 22.3 Å². The number of aromatic nitrogens is 1. The van der Waals surface area contributed by atoms with Gasteiger partial charge in [-0.15, -0.1) is 11.3 Å². The number of pyridine rings is 1. The van der Waals surface area contributed by atoms with Crippen molar-refractivity contribution in [3.05, 3.63) is 51.1 Å². The van der Waals surface area contributed by atoms with Gasteiger partial charge in [0.1, 0.15) is 5.82 Å². The van der Waals surface area contributed by atoms with Gasteiger partial charge in [-0.1, -0.05) is 18.5 Å². The minimum atomic E-state index is -0.892. The molecular weight excluding hydrogens is 350 g/mol. The summed E-state index contributed by atoms with van der Waals surface area (Å²) < 4.78 is 12.1. The fourth-order valence-corrected chi connectivity index (χ4v) is 3.46. The molecule has 3 N–H and O–H groups in total. The van der Waals surface area contributed by atoms with Gasteiger partial charge in [0.15, 0.2) is 5.76 Å². The third-order valence-electron chi connectivity index (χ3n) is 3.59. The van der Waals surface area contributed by atoms with Crippen LogP contribution in [0.1, 0.15) is 30.7 Å². The number of nitrogens with two attached hydrogens (primary N) is 1. The summed E-state index contributed by atoms with van der Waals surface area (Å²) in [5, 5.41) is 3.18. The summed E-state index contributed by atoms with van der Waals surface area (Å²) in [7, 11) is 0. The third kappa shape index (κ3) is 3.05. The number of halogens is 1. The maximum atomic E-state index is 11.5. The molecule has 0 fully saturated rings. The minimum absolute atomic E-state index is 0.264. The molecule has 2 aromatic heterocycles. The molecule has 0 saturated heterocycles. The molecule has 24 heavy (non-hydrogen) atoms. The Morgan fingerprint density at radius 3 is 2.79 bits per heavy atom. The monoisotopic (exact) mass is 365 g/mol. The van der Waals surface area contributed by atoms with Crippen LogP contribution in [-0.4, -0.2) is 11.0 Å². The van der Waals surface area contributed by atoms with Gasteiger partial charge in [0.25, 0.3) is 0 Å². The standard InChI is InChI=1S/C16H16ClN3O3S/c1-3-16(10-4-7-13(18)19-8-10)20-15(22-9(2)21)14(23-16)11-5-6-12(17)24-11/h4-8,20H,3H2,1-2H3,(H2,18,19). The van der Waals surface area contributed by atoms with E-state index in [1.165, 1.54) is 18.3 Å². The molecule has 6 nitrogen and oxygen atoms in total. The van der Waals surface area contributed by atoms with Crippen LogP contribution in [0.25, 0.3) is 5.76 Å². The van der Waals surface area contributed by atoms with Crippen molar-refractivity contribution >= 4 is 40.5 Å². The second-order valence-corrected chi connectivity index (χ2v) is 6.95. The van der Waals surface area contributed by atoms with Gasteiger partial charge in [-0.05, 0) is 24.3 Å². The van der Waals surface area contributed by atoms with Crippen LogP contribution in [0, 0.1) is 0 Å². The predicted octanol–water partition coefficient (Wildman–Crippen LogP) is 3.45. The fraction of sp³-hybridized carbons (Fsp3) is 0.250. The van der Waals surface area contributed by atoms with Crippen LogP contribution < -0.4 is 11.1 Å². The number of carbonyl (C=O) groups is 1. The molecular formula is C16H16ClN3O3S. The van der Waals surface area contributed by atoms with Gasteiger partial charge in [0.05, 0.1) is 9.21 Å². The number of nitrogen functional groups attached to an aromatic ring is 1. The Bertz CT molecular complexity index is 803. The summed E-state index contributed by atoms with van der Waals surface area (Å²) in [6.07, 6.45) is 2.22. The Balaban J connectivity index is 2.02. The Hall–Kier alpha value is -2.25. The van der Waals surface area contributed by atoms with E-state index in [4.69, 9.17) is 26.8 Å². The second-order valence-electron chi connectivity index (χ2n) is 5.24. The van der Waals surface area contributed by atoms with E-state index in [1.54, 1.807) is 18.3 Å². The number of carbonyl (C=O) groups excluding carboxylic acids is 1. The van der Waals surface area contributed by atoms with Crippen molar-refractivity contribution in [2.75, 3.05) is 5.73 Å². The molecule has 3 rings (SSSR count). The summed E-state index contributed by atoms with van der Waals surface area (Å²) in [4.78, 5) is 16.3. The molecule has 1 unspecified atom stereocenters. The third-order valence-corrected chi connectivity index (χ3v) is 4.82. The minimum Gasteiger partial charge on any atom is -0.457 e. The van der Waals surface area contributed by atoms with Gasteiger partial charge in [0, 0.05) is 25.1 Å². The van der Waals surface area contributed by atoms with Crippen LogP contribution in [0.2, 0.25) is 4.34 Å². The summed E-state index contributed by atoms with van der Waals surface area (Å²) in [5.41, 5.74) is 5.55. The zero-order valence-electron chi connectivity index (χ0n) is 13.1. The van der Waals surface area contributed by atoms with Crippen molar-refractivity contribution in [1.29, 1.82) is 0 Å². The SMILES string of the molecule is CCC1(c2ccc(N)nc2)NC(OC(C)=O)=C(c2ccc(Cl)s2)O1. The highest BCUT2D eigenvalue weighted by Crippen LogP contribution is 2.42. The Morgan fingerprint density at radius 2 is 2.25 bits per heavy atom. The summed E-state index contributed by atoms with van der Waals surface area (Å²) >= 11 is 7.36. The lowest BCUT2D eigenvalue weighted by molar-refractivity contribution is -0.137. The molecule has 1 aliphatic heterocycles. The lowest BCUT2D eigenvalue weighted by Crippen LogP contribution is -2.39. The number of nitrogens with one attached hydrogen (secondary N) is 1. The largest absolute Gasteiger partial charge is 0.457 e. The first kappa shape index (κ1) is 16.6. The number of rotatable bonds is 4. The summed E-state index contributed by atoms with van der Waals surface area (Å²) in [5.74, 6) is 0.686. The fourth-order valence-electron chi connectivity index (χ4n) is 2.44. The zero-order valence-corrected chi connectivity index (χ0v) is 14.7. The molecule has 0 radical (unpaired) electrons. The van der Waals surface area contributed by atoms with E-state index in [2.05, 4.69) is 10.3 Å². The van der Waals surface area contributed by atoms with Crippen LogP contribution in [0.15, 0.2) is 36.3 Å². The number of hydrogen-bond donors (Lipinski definition) is 2. The van der Waals surface area contributed by atoms with E-state index >= 15 is 0 Å². The lowest BCUT2D eigenvalue weighted by Gasteiger charge is -2.29. The maximum Gasteiger partial charge on any atom is 0.309 e. The zero-order chi connectivity index (χ0) is 17.3. The number of ether oxygens (including phenoxy) is 2. The highest BCUT2D eigenvalue weighted by atomic mass is 35.5. The first-order valence-electron chi connectivity index (χ1n) is 7.31. The smallest absolute Gasteiger partial charge is 0.309 e. The Kier molecular flexibility index (Phi) is 4.38. The van der Waals surface area contributed by atoms with E-state index in [9.17, 15) is 4.79 Å². The topological polar surface area (TPSA) is 86.5 Å². The Labute approximate surface area is 148 Å². The normalized spacial score (nSPS) is 19.8. The van der Waals surface area contributed by atoms with E-state index in [0.717, 1.165) is 10.4 Å². The lowest BCUT2D eigenvalue weighted by atomic mass is 10.0. The molecule has 126 valence electrons. The maximum absolute atomic E-state index is 11.5. The van der Waals surface area contributed by atoms with Crippen LogP contribution in [0.5, 0.6) is 0 Å². The quantitative estimate of drug-likeness (QED) is 0.807. The number of esters is 1. The molecule has 0 bridgehead atoms. The van der Waals surface area contributed by atoms with Crippen LogP contribution in [0.3, 0.4) is 0 Å². The molecule has 3 heterocycles. The Morgan fingerprint density at radius 1 is 1.46 bits per heavy atom. The number of hydrogen-bond acceptors (Lipinski definition) is 7. The van der Waals surface area contributed by atoms with Gasteiger partial charge >= 0.3 is 5.97 Å². The molecule has 0 spiro atoms. The van der Waals surface area contributed by atoms with Gasteiger partial charge in [-0.2, -0.15) is 0 Å². The summed E-state index contributed by atoms with van der Waals surface area (Å²) in [6, 6.07) is 7.11. The van der Waals surface area contributed by atoms with Crippen LogP contribution in [-0.2, 0) is 20.0 Å². The number of anilines is 1. The molecule has 0 saturated carbocycles. The van der Waals surface area contributed by atoms with Crippen molar-refractivity contribution in [3.63, 3.8) is 0 Å². The van der Waals surface area contributed by atoms with Gasteiger partial charge in [-0.3, -0.25) is 4.79 Å². The average molecular weight is 366 g/mol. The average Bonchev–Trinajstić information content (AvgIpc) is 3.12. The van der Waals surface area contributed by atoms with Crippen molar-refractivity contribution in [1.82, 2.24) is 10.3 Å². The van der Waals surface area contributed by atoms with Crippen molar-refractivity contribution < 1.29 is 14.3 Å². The van der Waals surface area contributed by atoms with Crippen molar-refractivity contribution in [3.8, 4) is 0 Å². The van der Waals surface area contributed by atoms with E-state index < -0.39 is 11.7 Å². The highest BCUT2D eigenvalue weighted by Gasteiger charge is 2.43. The predicted molar refractivity (Wildman–Crippen MR) is 92.9 cm³/mol. The van der Waals surface area contributed by atoms with Gasteiger partial charge in [0.2, 0.25) is 11.6 Å². The van der Waals surface area contributed by atoms with Crippen LogP contribution >= 0.6 is 22.9 Å². The van der Waals surface area contributed by atoms with Gasteiger partial charge < -0.3 is 20.5 Å². The summed E-state index contributed by atoms with van der Waals surface area (Å²) in [6.45, 7) is 3.30. The molecule has 1 atom stereocenters. The van der Waals surface area contributed by atoms with Gasteiger partial charge in [-0.25, -0.2) is 4.98 Å². The van der Waals surface area contributed by atoms with E-state index in [1.807, 2.05) is 19.1 Å². The highest BCUT2D eigenvalue weighted by molar-refractivity contribution is 7.17. The molecule has 0 aromatic carbocycles. The van der Waals surface area contributed by atoms with Crippen molar-refractivity contribution in [2.45, 2.75) is 26.0 Å².